The highest BCUT2D eigenvalue weighted by molar-refractivity contribution is 6.43. The Balaban J connectivity index is 2.57. The first-order valence-corrected chi connectivity index (χ1v) is 7.16. The maximum absolute atomic E-state index is 12.1. The minimum Gasteiger partial charge on any atom is -0.396 e. The maximum Gasteiger partial charge on any atom is 0.165 e. The smallest absolute Gasteiger partial charge is 0.165 e. The number of nitrogens with zero attached hydrogens (tertiary/aromatic N) is 1. The summed E-state index contributed by atoms with van der Waals surface area (Å²) in [6.07, 6.45) is 1.12. The molecule has 0 bridgehead atoms. The first-order chi connectivity index (χ1) is 9.10. The van der Waals surface area contributed by atoms with Gasteiger partial charge in [0.25, 0.3) is 0 Å². The molecule has 0 aromatic heterocycles. The van der Waals surface area contributed by atoms with Crippen LogP contribution >= 0.6 is 23.2 Å². The molecule has 0 spiro atoms. The van der Waals surface area contributed by atoms with E-state index in [1.54, 1.807) is 18.2 Å². The monoisotopic (exact) mass is 303 g/mol. The molecular weight excluding hydrogens is 285 g/mol. The molecule has 0 aliphatic carbocycles. The molecule has 0 amide bonds. The predicted octanol–water partition coefficient (Wildman–Crippen LogP) is 3.27. The third-order valence-corrected chi connectivity index (χ3v) is 3.81. The van der Waals surface area contributed by atoms with Crippen molar-refractivity contribution in [1.29, 1.82) is 0 Å². The number of halogens is 2. The van der Waals surface area contributed by atoms with Crippen LogP contribution in [0.3, 0.4) is 0 Å². The summed E-state index contributed by atoms with van der Waals surface area (Å²) in [5, 5.41) is 9.54. The molecule has 5 heteroatoms. The molecule has 1 N–H and O–H groups in total. The second kappa shape index (κ2) is 8.54. The summed E-state index contributed by atoms with van der Waals surface area (Å²) in [5.41, 5.74) is 0.479. The highest BCUT2D eigenvalue weighted by Gasteiger charge is 2.13. The van der Waals surface area contributed by atoms with Crippen molar-refractivity contribution in [2.45, 2.75) is 19.8 Å². The Morgan fingerprint density at radius 1 is 1.32 bits per heavy atom. The number of rotatable bonds is 8. The van der Waals surface area contributed by atoms with E-state index >= 15 is 0 Å². The molecule has 1 rings (SSSR count). The van der Waals surface area contributed by atoms with Crippen molar-refractivity contribution >= 4 is 29.0 Å². The molecule has 0 atom stereocenters. The van der Waals surface area contributed by atoms with Crippen molar-refractivity contribution in [3.63, 3.8) is 0 Å². The number of ketones is 1. The molecule has 0 aliphatic heterocycles. The third kappa shape index (κ3) is 5.11. The average molecular weight is 304 g/mol. The lowest BCUT2D eigenvalue weighted by Gasteiger charge is -2.19. The topological polar surface area (TPSA) is 40.5 Å². The standard InChI is InChI=1S/C14H19Cl2NO2/c1-2-17(8-4-10-18)9-7-13(19)11-5-3-6-12(15)14(11)16/h3,5-6,18H,2,4,7-10H2,1H3. The number of hydrogen-bond donors (Lipinski definition) is 1. The van der Waals surface area contributed by atoms with Crippen molar-refractivity contribution in [3.8, 4) is 0 Å². The number of hydrogen-bond acceptors (Lipinski definition) is 3. The second-order valence-electron chi connectivity index (χ2n) is 4.29. The molecular formula is C14H19Cl2NO2. The zero-order chi connectivity index (χ0) is 14.3. The molecule has 0 aliphatic rings. The van der Waals surface area contributed by atoms with Crippen LogP contribution in [-0.2, 0) is 0 Å². The summed E-state index contributed by atoms with van der Waals surface area (Å²) in [6.45, 7) is 4.52. The lowest BCUT2D eigenvalue weighted by molar-refractivity contribution is 0.0964. The van der Waals surface area contributed by atoms with Crippen molar-refractivity contribution in [1.82, 2.24) is 4.90 Å². The number of aliphatic hydroxyl groups excluding tert-OH is 1. The summed E-state index contributed by atoms with van der Waals surface area (Å²) in [6, 6.07) is 5.09. The van der Waals surface area contributed by atoms with Gasteiger partial charge in [0.1, 0.15) is 0 Å². The van der Waals surface area contributed by atoms with Crippen LogP contribution in [0.5, 0.6) is 0 Å². The van der Waals surface area contributed by atoms with E-state index in [2.05, 4.69) is 4.90 Å². The van der Waals surface area contributed by atoms with Crippen LogP contribution in [0.1, 0.15) is 30.1 Å². The summed E-state index contributed by atoms with van der Waals surface area (Å²) in [4.78, 5) is 14.2. The zero-order valence-electron chi connectivity index (χ0n) is 11.0. The van der Waals surface area contributed by atoms with Gasteiger partial charge in [0, 0.05) is 31.7 Å². The Labute approximate surface area is 124 Å². The fourth-order valence-electron chi connectivity index (χ4n) is 1.84. The van der Waals surface area contributed by atoms with E-state index in [0.29, 0.717) is 28.6 Å². The van der Waals surface area contributed by atoms with Crippen LogP contribution in [0.15, 0.2) is 18.2 Å². The third-order valence-electron chi connectivity index (χ3n) is 2.99. The fraction of sp³-hybridized carbons (Fsp3) is 0.500. The molecule has 0 radical (unpaired) electrons. The van der Waals surface area contributed by atoms with Crippen molar-refractivity contribution in [3.05, 3.63) is 33.8 Å². The molecule has 0 saturated carbocycles. The highest BCUT2D eigenvalue weighted by Crippen LogP contribution is 2.26. The van der Waals surface area contributed by atoms with Crippen LogP contribution in [0, 0.1) is 0 Å². The number of carbonyl (C=O) groups excluding carboxylic acids is 1. The number of aliphatic hydroxyl groups is 1. The van der Waals surface area contributed by atoms with Gasteiger partial charge in [-0.25, -0.2) is 0 Å². The minimum atomic E-state index is -0.00468. The molecule has 106 valence electrons. The normalized spacial score (nSPS) is 11.0. The van der Waals surface area contributed by atoms with Gasteiger partial charge in [0.05, 0.1) is 10.0 Å². The van der Waals surface area contributed by atoms with Gasteiger partial charge in [-0.3, -0.25) is 4.79 Å². The fourth-order valence-corrected chi connectivity index (χ4v) is 2.24. The molecule has 0 unspecified atom stereocenters. The Bertz CT molecular complexity index is 424. The van der Waals surface area contributed by atoms with Crippen molar-refractivity contribution in [2.24, 2.45) is 0 Å². The van der Waals surface area contributed by atoms with Gasteiger partial charge in [-0.2, -0.15) is 0 Å². The Kier molecular flexibility index (Phi) is 7.39. The molecule has 1 aromatic carbocycles. The van der Waals surface area contributed by atoms with Gasteiger partial charge in [-0.1, -0.05) is 36.2 Å². The SMILES string of the molecule is CCN(CCCO)CCC(=O)c1cccc(Cl)c1Cl. The van der Waals surface area contributed by atoms with Crippen molar-refractivity contribution < 1.29 is 9.90 Å². The molecule has 1 aromatic rings. The second-order valence-corrected chi connectivity index (χ2v) is 5.07. The average Bonchev–Trinajstić information content (AvgIpc) is 2.42. The lowest BCUT2D eigenvalue weighted by atomic mass is 10.1. The number of Topliss-reactive ketones (excluding diaryl/α,β-unsaturated/α-hetero) is 1. The Morgan fingerprint density at radius 3 is 2.68 bits per heavy atom. The van der Waals surface area contributed by atoms with Crippen LogP contribution in [0.25, 0.3) is 0 Å². The first kappa shape index (κ1) is 16.4. The van der Waals surface area contributed by atoms with Crippen molar-refractivity contribution in [2.75, 3.05) is 26.2 Å². The highest BCUT2D eigenvalue weighted by atomic mass is 35.5. The van der Waals surface area contributed by atoms with E-state index in [9.17, 15) is 4.79 Å². The van der Waals surface area contributed by atoms with Gasteiger partial charge in [-0.05, 0) is 25.1 Å². The van der Waals surface area contributed by atoms with Crippen LogP contribution < -0.4 is 0 Å². The van der Waals surface area contributed by atoms with E-state index in [-0.39, 0.29) is 12.4 Å². The molecule has 19 heavy (non-hydrogen) atoms. The summed E-state index contributed by atoms with van der Waals surface area (Å²) < 4.78 is 0. The largest absolute Gasteiger partial charge is 0.396 e. The molecule has 3 nitrogen and oxygen atoms in total. The number of benzene rings is 1. The summed E-state index contributed by atoms with van der Waals surface area (Å²) in [5.74, 6) is -0.00468. The van der Waals surface area contributed by atoms with Gasteiger partial charge < -0.3 is 10.0 Å². The van der Waals surface area contributed by atoms with Gasteiger partial charge >= 0.3 is 0 Å². The summed E-state index contributed by atoms with van der Waals surface area (Å²) >= 11 is 11.9. The lowest BCUT2D eigenvalue weighted by Crippen LogP contribution is -2.27. The molecule has 0 heterocycles. The van der Waals surface area contributed by atoms with Gasteiger partial charge in [0.15, 0.2) is 5.78 Å². The maximum atomic E-state index is 12.1. The van der Waals surface area contributed by atoms with E-state index in [1.165, 1.54) is 0 Å². The zero-order valence-corrected chi connectivity index (χ0v) is 12.5. The molecule has 0 saturated heterocycles. The van der Waals surface area contributed by atoms with Gasteiger partial charge in [0.2, 0.25) is 0 Å². The van der Waals surface area contributed by atoms with Gasteiger partial charge in [-0.15, -0.1) is 0 Å². The Morgan fingerprint density at radius 2 is 2.05 bits per heavy atom. The van der Waals surface area contributed by atoms with Crippen LogP contribution in [0.4, 0.5) is 0 Å². The minimum absolute atomic E-state index is 0.00468. The summed E-state index contributed by atoms with van der Waals surface area (Å²) in [7, 11) is 0. The predicted molar refractivity (Wildman–Crippen MR) is 79.2 cm³/mol. The first-order valence-electron chi connectivity index (χ1n) is 6.40. The van der Waals surface area contributed by atoms with E-state index in [4.69, 9.17) is 28.3 Å². The van der Waals surface area contributed by atoms with Crippen LogP contribution in [0.2, 0.25) is 10.0 Å². The number of carbonyl (C=O) groups is 1. The van der Waals surface area contributed by atoms with E-state index < -0.39 is 0 Å². The van der Waals surface area contributed by atoms with E-state index in [0.717, 1.165) is 19.5 Å². The quantitative estimate of drug-likeness (QED) is 0.749. The Hall–Kier alpha value is -0.610. The molecule has 0 fully saturated rings. The van der Waals surface area contributed by atoms with E-state index in [1.807, 2.05) is 6.92 Å². The van der Waals surface area contributed by atoms with Crippen LogP contribution in [-0.4, -0.2) is 42.0 Å².